The highest BCUT2D eigenvalue weighted by molar-refractivity contribution is 8.01. The standard InChI is InChI=1S/C21H16F2N2O3S2/c22-17-10-9-16(12-18(17)23)30(27,28)25-15-7-5-14(6-8-15)24-21(26)20-11-13-3-1-2-4-19(13)29-20/h1-10,12,20,25H,11H2,(H,24,26). The molecule has 0 fully saturated rings. The third-order valence-corrected chi connectivity index (χ3v) is 7.24. The van der Waals surface area contributed by atoms with Crippen LogP contribution in [-0.4, -0.2) is 19.6 Å². The van der Waals surface area contributed by atoms with E-state index in [1.54, 1.807) is 12.1 Å². The van der Waals surface area contributed by atoms with Crippen molar-refractivity contribution in [2.24, 2.45) is 0 Å². The van der Waals surface area contributed by atoms with E-state index in [-0.39, 0.29) is 16.8 Å². The monoisotopic (exact) mass is 446 g/mol. The fourth-order valence-electron chi connectivity index (χ4n) is 3.03. The van der Waals surface area contributed by atoms with E-state index in [1.165, 1.54) is 23.9 Å². The number of carbonyl (C=O) groups is 1. The number of halogens is 2. The average Bonchev–Trinajstić information content (AvgIpc) is 3.16. The number of rotatable bonds is 5. The smallest absolute Gasteiger partial charge is 0.261 e. The van der Waals surface area contributed by atoms with Gasteiger partial charge in [-0.3, -0.25) is 9.52 Å². The Hall–Kier alpha value is -2.91. The molecule has 4 rings (SSSR count). The van der Waals surface area contributed by atoms with Crippen molar-refractivity contribution < 1.29 is 22.0 Å². The first kappa shape index (κ1) is 20.4. The number of thioether (sulfide) groups is 1. The Kier molecular flexibility index (Phi) is 5.48. The van der Waals surface area contributed by atoms with Crippen LogP contribution in [0.1, 0.15) is 5.56 Å². The first-order valence-corrected chi connectivity index (χ1v) is 11.3. The van der Waals surface area contributed by atoms with Gasteiger partial charge < -0.3 is 5.32 Å². The molecule has 5 nitrogen and oxygen atoms in total. The molecule has 154 valence electrons. The maximum Gasteiger partial charge on any atom is 0.261 e. The van der Waals surface area contributed by atoms with Crippen molar-refractivity contribution in [2.45, 2.75) is 21.5 Å². The van der Waals surface area contributed by atoms with Gasteiger partial charge in [-0.25, -0.2) is 17.2 Å². The number of nitrogens with one attached hydrogen (secondary N) is 2. The van der Waals surface area contributed by atoms with Crippen molar-refractivity contribution in [3.05, 3.63) is 83.9 Å². The van der Waals surface area contributed by atoms with Crippen LogP contribution in [0.15, 0.2) is 76.5 Å². The largest absolute Gasteiger partial charge is 0.325 e. The minimum absolute atomic E-state index is 0.133. The van der Waals surface area contributed by atoms with Gasteiger partial charge in [0.05, 0.1) is 10.1 Å². The lowest BCUT2D eigenvalue weighted by Gasteiger charge is -2.12. The van der Waals surface area contributed by atoms with Gasteiger partial charge in [0.15, 0.2) is 11.6 Å². The van der Waals surface area contributed by atoms with E-state index in [1.807, 2.05) is 24.3 Å². The Morgan fingerprint density at radius 1 is 0.933 bits per heavy atom. The zero-order valence-corrected chi connectivity index (χ0v) is 17.1. The summed E-state index contributed by atoms with van der Waals surface area (Å²) in [4.78, 5) is 13.2. The molecule has 1 aliphatic rings. The number of benzene rings is 3. The molecule has 0 aromatic heterocycles. The lowest BCUT2D eigenvalue weighted by Crippen LogP contribution is -2.24. The molecule has 0 bridgehead atoms. The second-order valence-electron chi connectivity index (χ2n) is 6.67. The van der Waals surface area contributed by atoms with Crippen LogP contribution in [0.4, 0.5) is 20.2 Å². The quantitative estimate of drug-likeness (QED) is 0.608. The summed E-state index contributed by atoms with van der Waals surface area (Å²) in [6.45, 7) is 0. The molecule has 3 aromatic rings. The first-order chi connectivity index (χ1) is 14.3. The molecule has 1 unspecified atom stereocenters. The highest BCUT2D eigenvalue weighted by atomic mass is 32.2. The molecule has 1 atom stereocenters. The van der Waals surface area contributed by atoms with Gasteiger partial charge in [-0.15, -0.1) is 11.8 Å². The Bertz CT molecular complexity index is 1190. The SMILES string of the molecule is O=C(Nc1ccc(NS(=O)(=O)c2ccc(F)c(F)c2)cc1)C1Cc2ccccc2S1. The molecule has 1 aliphatic heterocycles. The third kappa shape index (κ3) is 4.31. The number of fused-ring (bicyclic) bond motifs is 1. The second-order valence-corrected chi connectivity index (χ2v) is 9.59. The number of carbonyl (C=O) groups excluding carboxylic acids is 1. The van der Waals surface area contributed by atoms with E-state index < -0.39 is 26.6 Å². The van der Waals surface area contributed by atoms with E-state index in [2.05, 4.69) is 10.0 Å². The minimum atomic E-state index is -4.08. The molecule has 0 spiro atoms. The lowest BCUT2D eigenvalue weighted by atomic mass is 10.1. The summed E-state index contributed by atoms with van der Waals surface area (Å²) in [5.74, 6) is -2.51. The van der Waals surface area contributed by atoms with E-state index in [0.29, 0.717) is 18.2 Å². The second kappa shape index (κ2) is 8.08. The Labute approximate surface area is 176 Å². The molecule has 30 heavy (non-hydrogen) atoms. The van der Waals surface area contributed by atoms with E-state index >= 15 is 0 Å². The zero-order valence-electron chi connectivity index (χ0n) is 15.4. The third-order valence-electron chi connectivity index (χ3n) is 4.55. The Balaban J connectivity index is 1.40. The van der Waals surface area contributed by atoms with Crippen LogP contribution < -0.4 is 10.0 Å². The van der Waals surface area contributed by atoms with Gasteiger partial charge in [0.1, 0.15) is 0 Å². The molecule has 0 saturated carbocycles. The van der Waals surface area contributed by atoms with Gasteiger partial charge in [-0.2, -0.15) is 0 Å². The van der Waals surface area contributed by atoms with Crippen molar-refractivity contribution in [2.75, 3.05) is 10.0 Å². The van der Waals surface area contributed by atoms with Crippen molar-refractivity contribution in [3.8, 4) is 0 Å². The van der Waals surface area contributed by atoms with E-state index in [4.69, 9.17) is 0 Å². The fourth-order valence-corrected chi connectivity index (χ4v) is 5.30. The summed E-state index contributed by atoms with van der Waals surface area (Å²) in [6.07, 6.45) is 0.652. The molecule has 1 amide bonds. The normalized spacial score (nSPS) is 15.5. The average molecular weight is 447 g/mol. The van der Waals surface area contributed by atoms with Crippen molar-refractivity contribution >= 4 is 39.1 Å². The van der Waals surface area contributed by atoms with Crippen molar-refractivity contribution in [1.29, 1.82) is 0 Å². The summed E-state index contributed by atoms with van der Waals surface area (Å²) in [6, 6.07) is 16.3. The number of amides is 1. The Morgan fingerprint density at radius 3 is 2.33 bits per heavy atom. The molecule has 2 N–H and O–H groups in total. The molecule has 0 saturated heterocycles. The summed E-state index contributed by atoms with van der Waals surface area (Å²) in [7, 11) is -4.08. The van der Waals surface area contributed by atoms with Crippen LogP contribution in [0, 0.1) is 11.6 Å². The van der Waals surface area contributed by atoms with Gasteiger partial charge in [0.2, 0.25) is 5.91 Å². The van der Waals surface area contributed by atoms with E-state index in [0.717, 1.165) is 22.6 Å². The number of sulfonamides is 1. The zero-order chi connectivity index (χ0) is 21.3. The maximum atomic E-state index is 13.3. The molecule has 0 radical (unpaired) electrons. The summed E-state index contributed by atoms with van der Waals surface area (Å²) in [5, 5.41) is 2.60. The molecular formula is C21H16F2N2O3S2. The van der Waals surface area contributed by atoms with Gasteiger partial charge in [-0.05, 0) is 60.5 Å². The molecule has 0 aliphatic carbocycles. The molecule has 9 heteroatoms. The van der Waals surface area contributed by atoms with Gasteiger partial charge in [0, 0.05) is 16.3 Å². The maximum absolute atomic E-state index is 13.3. The summed E-state index contributed by atoms with van der Waals surface area (Å²) in [5.41, 5.74) is 1.89. The first-order valence-electron chi connectivity index (χ1n) is 8.95. The highest BCUT2D eigenvalue weighted by Crippen LogP contribution is 2.37. The predicted molar refractivity (Wildman–Crippen MR) is 112 cm³/mol. The van der Waals surface area contributed by atoms with Crippen molar-refractivity contribution in [1.82, 2.24) is 0 Å². The lowest BCUT2D eigenvalue weighted by molar-refractivity contribution is -0.115. The number of hydrogen-bond acceptors (Lipinski definition) is 4. The van der Waals surface area contributed by atoms with Gasteiger partial charge >= 0.3 is 0 Å². The van der Waals surface area contributed by atoms with Crippen LogP contribution in [-0.2, 0) is 21.2 Å². The van der Waals surface area contributed by atoms with Gasteiger partial charge in [-0.1, -0.05) is 18.2 Å². The minimum Gasteiger partial charge on any atom is -0.325 e. The Morgan fingerprint density at radius 2 is 1.63 bits per heavy atom. The number of hydrogen-bond donors (Lipinski definition) is 2. The molecule has 3 aromatic carbocycles. The summed E-state index contributed by atoms with van der Waals surface area (Å²) < 4.78 is 53.3. The molecule has 1 heterocycles. The van der Waals surface area contributed by atoms with Crippen LogP contribution in [0.25, 0.3) is 0 Å². The van der Waals surface area contributed by atoms with Crippen LogP contribution in [0.5, 0.6) is 0 Å². The van der Waals surface area contributed by atoms with Gasteiger partial charge in [0.25, 0.3) is 10.0 Å². The number of anilines is 2. The molecular weight excluding hydrogens is 430 g/mol. The van der Waals surface area contributed by atoms with E-state index in [9.17, 15) is 22.0 Å². The highest BCUT2D eigenvalue weighted by Gasteiger charge is 2.28. The van der Waals surface area contributed by atoms with Crippen LogP contribution in [0.2, 0.25) is 0 Å². The van der Waals surface area contributed by atoms with Crippen LogP contribution in [0.3, 0.4) is 0 Å². The fraction of sp³-hybridized carbons (Fsp3) is 0.0952. The predicted octanol–water partition coefficient (Wildman–Crippen LogP) is 4.42. The topological polar surface area (TPSA) is 75.3 Å². The van der Waals surface area contributed by atoms with Crippen molar-refractivity contribution in [3.63, 3.8) is 0 Å². The van der Waals surface area contributed by atoms with Crippen LogP contribution >= 0.6 is 11.8 Å². The summed E-state index contributed by atoms with van der Waals surface area (Å²) >= 11 is 1.51.